The molecule has 0 unspecified atom stereocenters. The number of thiophene rings is 1. The Morgan fingerprint density at radius 3 is 2.96 bits per heavy atom. The van der Waals surface area contributed by atoms with E-state index in [0.29, 0.717) is 42.4 Å². The lowest BCUT2D eigenvalue weighted by atomic mass is 10.1. The minimum Gasteiger partial charge on any atom is -0.350 e. The zero-order valence-electron chi connectivity index (χ0n) is 13.4. The average Bonchev–Trinajstić information content (AvgIpc) is 3.15. The largest absolute Gasteiger partial charge is 0.350 e. The molecule has 4 rings (SSSR count). The van der Waals surface area contributed by atoms with Gasteiger partial charge in [0.05, 0.1) is 22.5 Å². The Morgan fingerprint density at radius 2 is 2.21 bits per heavy atom. The number of hydrogen-bond donors (Lipinski definition) is 2. The van der Waals surface area contributed by atoms with Crippen molar-refractivity contribution in [2.24, 2.45) is 0 Å². The van der Waals surface area contributed by atoms with Crippen molar-refractivity contribution in [1.29, 1.82) is 0 Å². The van der Waals surface area contributed by atoms with Crippen LogP contribution in [0.15, 0.2) is 22.3 Å². The maximum absolute atomic E-state index is 12.8. The number of amides is 1. The minimum absolute atomic E-state index is 0.0578. The Bertz CT molecular complexity index is 955. The van der Waals surface area contributed by atoms with Gasteiger partial charge in [-0.15, -0.1) is 11.3 Å². The lowest BCUT2D eigenvalue weighted by Gasteiger charge is -2.28. The summed E-state index contributed by atoms with van der Waals surface area (Å²) in [6.45, 7) is 0.871. The molecule has 8 heteroatoms. The molecular weight excluding hydrogens is 326 g/mol. The number of aromatic amines is 2. The number of nitrogens with one attached hydrogen (secondary N) is 2. The summed E-state index contributed by atoms with van der Waals surface area (Å²) in [4.78, 5) is 38.9. The second kappa shape index (κ2) is 5.48. The first-order chi connectivity index (χ1) is 11.5. The third-order valence-corrected chi connectivity index (χ3v) is 5.11. The molecule has 0 spiro atoms. The maximum Gasteiger partial charge on any atom is 0.270 e. The van der Waals surface area contributed by atoms with Crippen molar-refractivity contribution in [3.63, 3.8) is 0 Å². The van der Waals surface area contributed by atoms with Crippen LogP contribution >= 0.6 is 11.3 Å². The summed E-state index contributed by atoms with van der Waals surface area (Å²) in [7, 11) is 3.64. The van der Waals surface area contributed by atoms with E-state index in [1.165, 1.54) is 0 Å². The molecule has 0 fully saturated rings. The van der Waals surface area contributed by atoms with Crippen LogP contribution in [0.1, 0.15) is 21.7 Å². The van der Waals surface area contributed by atoms with E-state index >= 15 is 0 Å². The molecule has 4 heterocycles. The van der Waals surface area contributed by atoms with Crippen molar-refractivity contribution < 1.29 is 4.79 Å². The van der Waals surface area contributed by atoms with Crippen LogP contribution in [0, 0.1) is 0 Å². The molecule has 3 aromatic heterocycles. The van der Waals surface area contributed by atoms with E-state index in [1.807, 2.05) is 31.6 Å². The highest BCUT2D eigenvalue weighted by molar-refractivity contribution is 7.17. The topological polar surface area (TPSA) is 85.1 Å². The Hall–Kier alpha value is -2.61. The van der Waals surface area contributed by atoms with Gasteiger partial charge in [0.1, 0.15) is 5.69 Å². The summed E-state index contributed by atoms with van der Waals surface area (Å²) in [6.07, 6.45) is 0.520. The Balaban J connectivity index is 1.64. The number of nitrogens with zero attached hydrogens (tertiary/aromatic N) is 3. The minimum atomic E-state index is -0.115. The molecule has 0 bridgehead atoms. The van der Waals surface area contributed by atoms with Gasteiger partial charge in [-0.05, 0) is 23.9 Å². The molecule has 1 amide bonds. The molecule has 2 N–H and O–H groups in total. The van der Waals surface area contributed by atoms with E-state index in [0.717, 1.165) is 10.2 Å². The van der Waals surface area contributed by atoms with Crippen molar-refractivity contribution in [2.45, 2.75) is 13.0 Å². The van der Waals surface area contributed by atoms with Gasteiger partial charge in [-0.25, -0.2) is 4.98 Å². The number of hydrogen-bond acceptors (Lipinski definition) is 5. The van der Waals surface area contributed by atoms with Crippen molar-refractivity contribution in [3.8, 4) is 0 Å². The summed E-state index contributed by atoms with van der Waals surface area (Å²) < 4.78 is 1.07. The monoisotopic (exact) mass is 343 g/mol. The SMILES string of the molecule is CN(C)c1nc2c(c(=O)[nH]1)CCN(C(=O)c1cc3sccc3[nH]1)C2. The van der Waals surface area contributed by atoms with Crippen LogP contribution in [0.4, 0.5) is 5.95 Å². The number of rotatable bonds is 2. The van der Waals surface area contributed by atoms with Crippen molar-refractivity contribution in [2.75, 3.05) is 25.5 Å². The summed E-state index contributed by atoms with van der Waals surface area (Å²) in [5.74, 6) is 0.450. The normalized spacial score (nSPS) is 14.0. The molecule has 0 aromatic carbocycles. The van der Waals surface area contributed by atoms with Crippen LogP contribution in [-0.2, 0) is 13.0 Å². The van der Waals surface area contributed by atoms with Crippen molar-refractivity contribution in [3.05, 3.63) is 44.8 Å². The number of aromatic nitrogens is 3. The number of carbonyl (C=O) groups excluding carboxylic acids is 1. The summed E-state index contributed by atoms with van der Waals surface area (Å²) in [5.41, 5.74) is 2.80. The van der Waals surface area contributed by atoms with Gasteiger partial charge in [0.25, 0.3) is 11.5 Å². The zero-order valence-corrected chi connectivity index (χ0v) is 14.2. The highest BCUT2D eigenvalue weighted by Crippen LogP contribution is 2.23. The summed E-state index contributed by atoms with van der Waals surface area (Å²) in [6, 6.07) is 3.85. The van der Waals surface area contributed by atoms with Crippen molar-refractivity contribution in [1.82, 2.24) is 19.9 Å². The van der Waals surface area contributed by atoms with Gasteiger partial charge in [-0.3, -0.25) is 14.6 Å². The van der Waals surface area contributed by atoms with Gasteiger partial charge in [0, 0.05) is 26.2 Å². The molecule has 124 valence electrons. The predicted molar refractivity (Wildman–Crippen MR) is 93.8 cm³/mol. The van der Waals surface area contributed by atoms with E-state index in [1.54, 1.807) is 21.1 Å². The van der Waals surface area contributed by atoms with Gasteiger partial charge in [-0.1, -0.05) is 0 Å². The van der Waals surface area contributed by atoms with Gasteiger partial charge in [0.2, 0.25) is 5.95 Å². The van der Waals surface area contributed by atoms with Crippen LogP contribution in [-0.4, -0.2) is 46.4 Å². The number of anilines is 1. The first-order valence-electron chi connectivity index (χ1n) is 7.68. The fourth-order valence-electron chi connectivity index (χ4n) is 2.95. The third kappa shape index (κ3) is 2.39. The van der Waals surface area contributed by atoms with Gasteiger partial charge in [-0.2, -0.15) is 0 Å². The fourth-order valence-corrected chi connectivity index (χ4v) is 3.73. The van der Waals surface area contributed by atoms with E-state index in [9.17, 15) is 9.59 Å². The average molecular weight is 343 g/mol. The Morgan fingerprint density at radius 1 is 1.38 bits per heavy atom. The summed E-state index contributed by atoms with van der Waals surface area (Å²) in [5, 5.41) is 1.99. The first-order valence-corrected chi connectivity index (χ1v) is 8.56. The quantitative estimate of drug-likeness (QED) is 0.740. The lowest BCUT2D eigenvalue weighted by molar-refractivity contribution is 0.0726. The maximum atomic E-state index is 12.8. The van der Waals surface area contributed by atoms with Crippen LogP contribution in [0.2, 0.25) is 0 Å². The molecule has 0 aliphatic carbocycles. The second-order valence-corrected chi connectivity index (χ2v) is 7.02. The molecule has 7 nitrogen and oxygen atoms in total. The first kappa shape index (κ1) is 14.9. The van der Waals surface area contributed by atoms with Gasteiger partial charge >= 0.3 is 0 Å². The van der Waals surface area contributed by atoms with Crippen LogP contribution in [0.5, 0.6) is 0 Å². The van der Waals surface area contributed by atoms with Crippen LogP contribution in [0.3, 0.4) is 0 Å². The summed E-state index contributed by atoms with van der Waals surface area (Å²) >= 11 is 1.60. The van der Waals surface area contributed by atoms with E-state index in [2.05, 4.69) is 15.0 Å². The predicted octanol–water partition coefficient (Wildman–Crippen LogP) is 1.58. The third-order valence-electron chi connectivity index (χ3n) is 4.24. The smallest absolute Gasteiger partial charge is 0.270 e. The van der Waals surface area contributed by atoms with Gasteiger partial charge < -0.3 is 14.8 Å². The lowest BCUT2D eigenvalue weighted by Crippen LogP contribution is -2.39. The Labute approximate surface area is 141 Å². The van der Waals surface area contributed by atoms with Gasteiger partial charge in [0.15, 0.2) is 0 Å². The molecule has 0 saturated carbocycles. The zero-order chi connectivity index (χ0) is 16.8. The highest BCUT2D eigenvalue weighted by Gasteiger charge is 2.26. The molecule has 24 heavy (non-hydrogen) atoms. The standard InChI is InChI=1S/C16H17N5O2S/c1-20(2)16-18-12-8-21(5-3-9(12)14(22)19-16)15(23)11-7-13-10(17-11)4-6-24-13/h4,6-7,17H,3,5,8H2,1-2H3,(H,18,19,22). The number of carbonyl (C=O) groups is 1. The Kier molecular flexibility index (Phi) is 3.42. The fraction of sp³-hybridized carbons (Fsp3) is 0.312. The molecule has 0 saturated heterocycles. The molecular formula is C16H17N5O2S. The molecule has 1 aliphatic heterocycles. The van der Waals surface area contributed by atoms with Crippen LogP contribution in [0.25, 0.3) is 10.2 Å². The van der Waals surface area contributed by atoms with E-state index in [-0.39, 0.29) is 11.5 Å². The number of H-pyrrole nitrogens is 2. The second-order valence-electron chi connectivity index (χ2n) is 6.07. The molecule has 0 radical (unpaired) electrons. The van der Waals surface area contributed by atoms with Crippen molar-refractivity contribution >= 4 is 33.4 Å². The van der Waals surface area contributed by atoms with Crippen LogP contribution < -0.4 is 10.5 Å². The molecule has 1 aliphatic rings. The molecule has 3 aromatic rings. The van der Waals surface area contributed by atoms with E-state index in [4.69, 9.17) is 0 Å². The van der Waals surface area contributed by atoms with E-state index < -0.39 is 0 Å². The highest BCUT2D eigenvalue weighted by atomic mass is 32.1. The molecule has 0 atom stereocenters. The number of fused-ring (bicyclic) bond motifs is 2.